The molecule has 0 saturated heterocycles. The van der Waals surface area contributed by atoms with E-state index in [1.54, 1.807) is 0 Å². The quantitative estimate of drug-likeness (QED) is 0.740. The van der Waals surface area contributed by atoms with Crippen molar-refractivity contribution in [2.75, 3.05) is 0 Å². The lowest BCUT2D eigenvalue weighted by Gasteiger charge is -2.46. The highest BCUT2D eigenvalue weighted by Gasteiger charge is 2.46. The maximum absolute atomic E-state index is 11.9. The van der Waals surface area contributed by atoms with Crippen LogP contribution in [0.3, 0.4) is 0 Å². The van der Waals surface area contributed by atoms with Gasteiger partial charge in [-0.3, -0.25) is 9.59 Å². The third kappa shape index (κ3) is 2.50. The second-order valence-corrected chi connectivity index (χ2v) is 5.89. The first-order chi connectivity index (χ1) is 9.34. The van der Waals surface area contributed by atoms with Gasteiger partial charge in [0.1, 0.15) is 0 Å². The second kappa shape index (κ2) is 5.18. The number of aromatic amines is 1. The Morgan fingerprint density at radius 1 is 1.40 bits per heavy atom. The standard InChI is InChI=1S/C12H19N5O3/c1-6-8(13-10(18)9-14-16-17-15-9)5-4-7(11(19)20)12(6,2)3/h6-8H,4-5H2,1-3H3,(H,13,18)(H,19,20)(H,14,15,16,17). The normalized spacial score (nSPS) is 28.9. The molecule has 1 fully saturated rings. The predicted molar refractivity (Wildman–Crippen MR) is 68.7 cm³/mol. The molecule has 1 saturated carbocycles. The van der Waals surface area contributed by atoms with Crippen LogP contribution in [0.5, 0.6) is 0 Å². The minimum absolute atomic E-state index is 0.00429. The maximum atomic E-state index is 11.9. The number of amides is 1. The Morgan fingerprint density at radius 3 is 2.65 bits per heavy atom. The van der Waals surface area contributed by atoms with Gasteiger partial charge in [0.05, 0.1) is 5.92 Å². The fourth-order valence-electron chi connectivity index (χ4n) is 2.93. The van der Waals surface area contributed by atoms with Crippen LogP contribution >= 0.6 is 0 Å². The number of hydrogen-bond acceptors (Lipinski definition) is 5. The van der Waals surface area contributed by atoms with Gasteiger partial charge in [-0.05, 0) is 29.4 Å². The van der Waals surface area contributed by atoms with Crippen LogP contribution in [0.25, 0.3) is 0 Å². The van der Waals surface area contributed by atoms with E-state index in [0.717, 1.165) is 0 Å². The lowest BCUT2D eigenvalue weighted by molar-refractivity contribution is -0.150. The summed E-state index contributed by atoms with van der Waals surface area (Å²) in [5, 5.41) is 25.0. The molecule has 8 nitrogen and oxygen atoms in total. The van der Waals surface area contributed by atoms with Crippen molar-refractivity contribution in [3.63, 3.8) is 0 Å². The van der Waals surface area contributed by atoms with Crippen LogP contribution in [0, 0.1) is 17.3 Å². The molecule has 0 radical (unpaired) electrons. The Hall–Kier alpha value is -1.99. The Bertz CT molecular complexity index is 499. The van der Waals surface area contributed by atoms with Crippen LogP contribution < -0.4 is 5.32 Å². The van der Waals surface area contributed by atoms with Gasteiger partial charge in [0.15, 0.2) is 0 Å². The summed E-state index contributed by atoms with van der Waals surface area (Å²) in [6, 6.07) is -0.0911. The van der Waals surface area contributed by atoms with E-state index in [4.69, 9.17) is 0 Å². The molecule has 20 heavy (non-hydrogen) atoms. The lowest BCUT2D eigenvalue weighted by Crippen LogP contribution is -2.52. The minimum atomic E-state index is -0.773. The molecule has 0 bridgehead atoms. The molecule has 0 aliphatic heterocycles. The maximum Gasteiger partial charge on any atom is 0.307 e. The van der Waals surface area contributed by atoms with Crippen LogP contribution in [-0.2, 0) is 4.79 Å². The van der Waals surface area contributed by atoms with E-state index in [9.17, 15) is 14.7 Å². The first-order valence-corrected chi connectivity index (χ1v) is 6.61. The van der Waals surface area contributed by atoms with Crippen molar-refractivity contribution in [3.05, 3.63) is 5.82 Å². The van der Waals surface area contributed by atoms with E-state index < -0.39 is 11.9 Å². The van der Waals surface area contributed by atoms with Crippen molar-refractivity contribution in [2.24, 2.45) is 17.3 Å². The Kier molecular flexibility index (Phi) is 3.74. The summed E-state index contributed by atoms with van der Waals surface area (Å²) < 4.78 is 0. The topological polar surface area (TPSA) is 121 Å². The molecule has 8 heteroatoms. The van der Waals surface area contributed by atoms with Crippen molar-refractivity contribution < 1.29 is 14.7 Å². The summed E-state index contributed by atoms with van der Waals surface area (Å²) in [5.41, 5.74) is -0.390. The minimum Gasteiger partial charge on any atom is -0.481 e. The SMILES string of the molecule is CC1C(NC(=O)c2nn[nH]n2)CCC(C(=O)O)C1(C)C. The Morgan fingerprint density at radius 2 is 2.10 bits per heavy atom. The lowest BCUT2D eigenvalue weighted by atomic mass is 9.61. The number of tetrazole rings is 1. The van der Waals surface area contributed by atoms with Gasteiger partial charge in [-0.2, -0.15) is 5.21 Å². The van der Waals surface area contributed by atoms with E-state index in [0.29, 0.717) is 12.8 Å². The first-order valence-electron chi connectivity index (χ1n) is 6.61. The van der Waals surface area contributed by atoms with E-state index in [1.165, 1.54) is 0 Å². The zero-order valence-corrected chi connectivity index (χ0v) is 11.8. The van der Waals surface area contributed by atoms with Gasteiger partial charge in [0, 0.05) is 6.04 Å². The van der Waals surface area contributed by atoms with Crippen LogP contribution in [0.15, 0.2) is 0 Å². The van der Waals surface area contributed by atoms with Gasteiger partial charge in [-0.1, -0.05) is 20.8 Å². The number of nitrogens with one attached hydrogen (secondary N) is 2. The van der Waals surface area contributed by atoms with Crippen LogP contribution in [0.2, 0.25) is 0 Å². The number of carbonyl (C=O) groups excluding carboxylic acids is 1. The number of rotatable bonds is 3. The molecule has 0 aromatic carbocycles. The van der Waals surface area contributed by atoms with Crippen LogP contribution in [0.4, 0.5) is 0 Å². The molecular weight excluding hydrogens is 262 g/mol. The zero-order valence-electron chi connectivity index (χ0n) is 11.8. The molecule has 110 valence electrons. The number of H-pyrrole nitrogens is 1. The largest absolute Gasteiger partial charge is 0.481 e. The van der Waals surface area contributed by atoms with Gasteiger partial charge < -0.3 is 10.4 Å². The van der Waals surface area contributed by atoms with E-state index >= 15 is 0 Å². The third-order valence-corrected chi connectivity index (χ3v) is 4.60. The number of hydrogen-bond donors (Lipinski definition) is 3. The zero-order chi connectivity index (χ0) is 14.9. The number of carboxylic acid groups (broad SMARTS) is 1. The monoisotopic (exact) mass is 281 g/mol. The molecular formula is C12H19N5O3. The predicted octanol–water partition coefficient (Wildman–Crippen LogP) is 0.455. The smallest absolute Gasteiger partial charge is 0.307 e. The average Bonchev–Trinajstić information content (AvgIpc) is 2.88. The first kappa shape index (κ1) is 14.4. The summed E-state index contributed by atoms with van der Waals surface area (Å²) in [5.74, 6) is -1.52. The van der Waals surface area contributed by atoms with Crippen LogP contribution in [0.1, 0.15) is 44.2 Å². The second-order valence-electron chi connectivity index (χ2n) is 5.89. The van der Waals surface area contributed by atoms with Gasteiger partial charge in [0.25, 0.3) is 11.7 Å². The van der Waals surface area contributed by atoms with E-state index in [2.05, 4.69) is 25.9 Å². The molecule has 1 aliphatic carbocycles. The molecule has 3 unspecified atom stereocenters. The highest BCUT2D eigenvalue weighted by atomic mass is 16.4. The van der Waals surface area contributed by atoms with Gasteiger partial charge >= 0.3 is 5.97 Å². The van der Waals surface area contributed by atoms with Crippen molar-refractivity contribution in [3.8, 4) is 0 Å². The van der Waals surface area contributed by atoms with Crippen molar-refractivity contribution in [1.29, 1.82) is 0 Å². The summed E-state index contributed by atoms with van der Waals surface area (Å²) in [6.07, 6.45) is 1.18. The van der Waals surface area contributed by atoms with Gasteiger partial charge in [-0.15, -0.1) is 10.2 Å². The molecule has 3 atom stereocenters. The molecule has 1 heterocycles. The number of carboxylic acids is 1. The third-order valence-electron chi connectivity index (χ3n) is 4.60. The molecule has 1 amide bonds. The van der Waals surface area contributed by atoms with E-state index in [-0.39, 0.29) is 29.1 Å². The number of aromatic nitrogens is 4. The fourth-order valence-corrected chi connectivity index (χ4v) is 2.93. The Balaban J connectivity index is 2.08. The summed E-state index contributed by atoms with van der Waals surface area (Å²) >= 11 is 0. The van der Waals surface area contributed by atoms with Gasteiger partial charge in [0.2, 0.25) is 0 Å². The average molecular weight is 281 g/mol. The highest BCUT2D eigenvalue weighted by molar-refractivity contribution is 5.90. The highest BCUT2D eigenvalue weighted by Crippen LogP contribution is 2.45. The summed E-state index contributed by atoms with van der Waals surface area (Å²) in [7, 11) is 0. The molecule has 3 N–H and O–H groups in total. The number of nitrogens with zero attached hydrogens (tertiary/aromatic N) is 3. The number of aliphatic carboxylic acids is 1. The molecule has 1 aromatic rings. The summed E-state index contributed by atoms with van der Waals surface area (Å²) in [4.78, 5) is 23.2. The molecule has 2 rings (SSSR count). The Labute approximate surface area is 116 Å². The summed E-state index contributed by atoms with van der Waals surface area (Å²) in [6.45, 7) is 5.84. The molecule has 1 aliphatic rings. The van der Waals surface area contributed by atoms with Crippen LogP contribution in [-0.4, -0.2) is 43.6 Å². The molecule has 1 aromatic heterocycles. The van der Waals surface area contributed by atoms with Gasteiger partial charge in [-0.25, -0.2) is 0 Å². The van der Waals surface area contributed by atoms with Crippen molar-refractivity contribution in [1.82, 2.24) is 25.9 Å². The molecule has 0 spiro atoms. The van der Waals surface area contributed by atoms with E-state index in [1.807, 2.05) is 20.8 Å². The number of carbonyl (C=O) groups is 2. The van der Waals surface area contributed by atoms with Crippen molar-refractivity contribution >= 4 is 11.9 Å². The van der Waals surface area contributed by atoms with Crippen molar-refractivity contribution in [2.45, 2.75) is 39.7 Å². The fraction of sp³-hybridized carbons (Fsp3) is 0.750.